The number of carbonyl (C=O) groups is 1. The molecule has 3 aromatic rings. The molecule has 1 spiro atoms. The van der Waals surface area contributed by atoms with Gasteiger partial charge in [0, 0.05) is 52.5 Å². The number of rotatable bonds is 4. The molecule has 2 N–H and O–H groups in total. The van der Waals surface area contributed by atoms with Crippen molar-refractivity contribution in [1.82, 2.24) is 5.32 Å². The summed E-state index contributed by atoms with van der Waals surface area (Å²) in [5.74, 6) is 1.11. The van der Waals surface area contributed by atoms with Gasteiger partial charge in [0.25, 0.3) is 0 Å². The van der Waals surface area contributed by atoms with Crippen LogP contribution in [-0.4, -0.2) is 5.97 Å². The predicted molar refractivity (Wildman–Crippen MR) is 148 cm³/mol. The second kappa shape index (κ2) is 8.96. The number of ether oxygens (including phenoxy) is 2. The third kappa shape index (κ3) is 3.75. The minimum atomic E-state index is -1.07. The second-order valence-corrected chi connectivity index (χ2v) is 9.79. The molecule has 1 atom stereocenters. The molecule has 2 aliphatic carbocycles. The molecular formula is C33H26N2O3. The number of anilines is 2. The molecule has 2 bridgehead atoms. The van der Waals surface area contributed by atoms with Gasteiger partial charge in [-0.3, -0.25) is 0 Å². The number of carbonyl (C=O) groups excluding carboxylic acids is 1. The van der Waals surface area contributed by atoms with Gasteiger partial charge in [-0.1, -0.05) is 54.6 Å². The summed E-state index contributed by atoms with van der Waals surface area (Å²) in [7, 11) is 0. The van der Waals surface area contributed by atoms with Gasteiger partial charge in [0.1, 0.15) is 11.5 Å². The standard InChI is InChI=1S/C33H26N2O3/c36-32-28-13-7-8-14-29(28)33(38-32)22-15-16-25(34-23-9-3-1-4-10-23)20-27(19-22)37-31-21-26(17-18-30(31)33)35-24-11-5-2-6-12-24/h2-3,5-18,20-21,34-35H,1,4,19H2. The molecule has 4 aliphatic rings. The number of hydrogen-bond donors (Lipinski definition) is 2. The Kier molecular flexibility index (Phi) is 5.29. The molecule has 0 radical (unpaired) electrons. The van der Waals surface area contributed by atoms with Crippen molar-refractivity contribution in [3.63, 3.8) is 0 Å². The number of fused-ring (bicyclic) bond motifs is 7. The van der Waals surface area contributed by atoms with Gasteiger partial charge >= 0.3 is 5.97 Å². The lowest BCUT2D eigenvalue weighted by molar-refractivity contribution is 0.0235. The molecule has 0 saturated carbocycles. The fourth-order valence-electron chi connectivity index (χ4n) is 5.60. The average molecular weight is 499 g/mol. The highest BCUT2D eigenvalue weighted by Crippen LogP contribution is 2.54. The van der Waals surface area contributed by atoms with Gasteiger partial charge in [-0.25, -0.2) is 4.79 Å². The van der Waals surface area contributed by atoms with Crippen LogP contribution in [0.1, 0.15) is 40.7 Å². The van der Waals surface area contributed by atoms with E-state index in [2.05, 4.69) is 34.9 Å². The van der Waals surface area contributed by atoms with Crippen molar-refractivity contribution < 1.29 is 14.3 Å². The van der Waals surface area contributed by atoms with Crippen LogP contribution in [-0.2, 0) is 10.3 Å². The van der Waals surface area contributed by atoms with Gasteiger partial charge < -0.3 is 20.1 Å². The van der Waals surface area contributed by atoms with Crippen molar-refractivity contribution in [3.8, 4) is 5.75 Å². The number of allylic oxidation sites excluding steroid dienone is 7. The first-order valence-corrected chi connectivity index (χ1v) is 12.9. The van der Waals surface area contributed by atoms with Crippen LogP contribution in [0.25, 0.3) is 0 Å². The Balaban J connectivity index is 1.38. The number of para-hydroxylation sites is 1. The molecule has 0 saturated heterocycles. The maximum absolute atomic E-state index is 13.2. The summed E-state index contributed by atoms with van der Waals surface area (Å²) < 4.78 is 13.0. The summed E-state index contributed by atoms with van der Waals surface area (Å²) in [4.78, 5) is 13.2. The zero-order chi connectivity index (χ0) is 25.5. The zero-order valence-electron chi connectivity index (χ0n) is 20.7. The van der Waals surface area contributed by atoms with E-state index in [4.69, 9.17) is 9.47 Å². The lowest BCUT2D eigenvalue weighted by atomic mass is 9.78. The molecule has 0 amide bonds. The lowest BCUT2D eigenvalue weighted by Crippen LogP contribution is -2.30. The molecule has 38 heavy (non-hydrogen) atoms. The van der Waals surface area contributed by atoms with Gasteiger partial charge in [0.05, 0.1) is 5.56 Å². The molecule has 0 fully saturated rings. The molecule has 2 heterocycles. The van der Waals surface area contributed by atoms with Crippen LogP contribution in [0.15, 0.2) is 132 Å². The van der Waals surface area contributed by atoms with Crippen LogP contribution >= 0.6 is 0 Å². The molecule has 5 nitrogen and oxygen atoms in total. The predicted octanol–water partition coefficient (Wildman–Crippen LogP) is 7.16. The van der Waals surface area contributed by atoms with Crippen LogP contribution < -0.4 is 15.4 Å². The van der Waals surface area contributed by atoms with E-state index in [0.717, 1.165) is 58.1 Å². The summed E-state index contributed by atoms with van der Waals surface area (Å²) in [5, 5.41) is 6.98. The molecule has 7 rings (SSSR count). The first-order valence-electron chi connectivity index (χ1n) is 12.9. The Morgan fingerprint density at radius 2 is 1.66 bits per heavy atom. The van der Waals surface area contributed by atoms with Gasteiger partial charge in [0.15, 0.2) is 5.60 Å². The van der Waals surface area contributed by atoms with Gasteiger partial charge in [0.2, 0.25) is 0 Å². The molecular weight excluding hydrogens is 472 g/mol. The smallest absolute Gasteiger partial charge is 0.340 e. The van der Waals surface area contributed by atoms with Gasteiger partial charge in [-0.2, -0.15) is 0 Å². The third-order valence-corrected chi connectivity index (χ3v) is 7.32. The summed E-state index contributed by atoms with van der Waals surface area (Å²) in [6.07, 6.45) is 15.2. The Labute approximate surface area is 221 Å². The summed E-state index contributed by atoms with van der Waals surface area (Å²) in [6, 6.07) is 23.7. The van der Waals surface area contributed by atoms with Crippen molar-refractivity contribution in [2.24, 2.45) is 0 Å². The quantitative estimate of drug-likeness (QED) is 0.374. The normalized spacial score (nSPS) is 20.9. The van der Waals surface area contributed by atoms with Crippen molar-refractivity contribution >= 4 is 17.3 Å². The monoisotopic (exact) mass is 498 g/mol. The topological polar surface area (TPSA) is 59.6 Å². The van der Waals surface area contributed by atoms with Crippen molar-refractivity contribution in [1.29, 1.82) is 0 Å². The summed E-state index contributed by atoms with van der Waals surface area (Å²) >= 11 is 0. The summed E-state index contributed by atoms with van der Waals surface area (Å²) in [6.45, 7) is 0. The van der Waals surface area contributed by atoms with Gasteiger partial charge in [-0.05, 0) is 60.9 Å². The zero-order valence-corrected chi connectivity index (χ0v) is 20.7. The minimum absolute atomic E-state index is 0.324. The third-order valence-electron chi connectivity index (χ3n) is 7.32. The highest BCUT2D eigenvalue weighted by atomic mass is 16.6. The maximum Gasteiger partial charge on any atom is 0.340 e. The highest BCUT2D eigenvalue weighted by molar-refractivity contribution is 5.96. The van der Waals surface area contributed by atoms with Gasteiger partial charge in [-0.15, -0.1) is 0 Å². The molecule has 3 aromatic carbocycles. The average Bonchev–Trinajstić information content (AvgIpc) is 3.04. The second-order valence-electron chi connectivity index (χ2n) is 9.79. The van der Waals surface area contributed by atoms with Crippen LogP contribution in [0.4, 0.5) is 11.4 Å². The number of esters is 1. The van der Waals surface area contributed by atoms with E-state index in [-0.39, 0.29) is 5.97 Å². The molecule has 0 aromatic heterocycles. The molecule has 1 unspecified atom stereocenters. The Morgan fingerprint density at radius 1 is 0.789 bits per heavy atom. The maximum atomic E-state index is 13.2. The van der Waals surface area contributed by atoms with E-state index < -0.39 is 5.60 Å². The number of hydrogen-bond acceptors (Lipinski definition) is 5. The molecule has 5 heteroatoms. The van der Waals surface area contributed by atoms with Crippen molar-refractivity contribution in [3.05, 3.63) is 149 Å². The first kappa shape index (κ1) is 22.4. The van der Waals surface area contributed by atoms with Crippen molar-refractivity contribution in [2.75, 3.05) is 5.32 Å². The largest absolute Gasteiger partial charge is 0.461 e. The fraction of sp³-hybridized carbons (Fsp3) is 0.121. The highest BCUT2D eigenvalue weighted by Gasteiger charge is 2.52. The SMILES string of the molecule is O=C1OC2(C3=CC=C(NC4=CCCC=C4)C=C(C3)Oc3cc(Nc4ccccc4)ccc32)c2ccccc21. The van der Waals surface area contributed by atoms with Crippen LogP contribution in [0, 0.1) is 0 Å². The lowest BCUT2D eigenvalue weighted by Gasteiger charge is -2.31. The fourth-order valence-corrected chi connectivity index (χ4v) is 5.60. The van der Waals surface area contributed by atoms with E-state index >= 15 is 0 Å². The Hall–Kier alpha value is -4.77. The first-order chi connectivity index (χ1) is 18.7. The number of nitrogens with one attached hydrogen (secondary N) is 2. The van der Waals surface area contributed by atoms with E-state index in [1.807, 2.05) is 84.9 Å². The molecule has 2 aliphatic heterocycles. The van der Waals surface area contributed by atoms with Crippen LogP contribution in [0.5, 0.6) is 5.75 Å². The van der Waals surface area contributed by atoms with Crippen LogP contribution in [0.3, 0.4) is 0 Å². The van der Waals surface area contributed by atoms with Crippen LogP contribution in [0.2, 0.25) is 0 Å². The Bertz CT molecular complexity index is 1610. The van der Waals surface area contributed by atoms with E-state index in [1.165, 1.54) is 0 Å². The number of benzene rings is 3. The minimum Gasteiger partial charge on any atom is -0.461 e. The van der Waals surface area contributed by atoms with Crippen molar-refractivity contribution in [2.45, 2.75) is 24.9 Å². The Morgan fingerprint density at radius 3 is 2.53 bits per heavy atom. The van der Waals surface area contributed by atoms with E-state index in [0.29, 0.717) is 17.7 Å². The molecule has 186 valence electrons. The van der Waals surface area contributed by atoms with E-state index in [9.17, 15) is 4.79 Å². The summed E-state index contributed by atoms with van der Waals surface area (Å²) in [5.41, 5.74) is 5.97. The van der Waals surface area contributed by atoms with E-state index in [1.54, 1.807) is 0 Å².